The number of amides is 1. The van der Waals surface area contributed by atoms with Crippen molar-refractivity contribution in [1.82, 2.24) is 14.5 Å². The summed E-state index contributed by atoms with van der Waals surface area (Å²) in [6.07, 6.45) is 7.21. The first-order valence-electron chi connectivity index (χ1n) is 12.2. The number of thiophene rings is 1. The van der Waals surface area contributed by atoms with Crippen molar-refractivity contribution in [1.29, 1.82) is 0 Å². The van der Waals surface area contributed by atoms with E-state index < -0.39 is 0 Å². The maximum Gasteiger partial charge on any atom is 0.263 e. The average Bonchev–Trinajstić information content (AvgIpc) is 3.22. The summed E-state index contributed by atoms with van der Waals surface area (Å²) >= 11 is 3.09. The van der Waals surface area contributed by atoms with Gasteiger partial charge in [0, 0.05) is 23.7 Å². The van der Waals surface area contributed by atoms with Gasteiger partial charge >= 0.3 is 0 Å². The Labute approximate surface area is 209 Å². The van der Waals surface area contributed by atoms with Crippen LogP contribution in [0.5, 0.6) is 0 Å². The Bertz CT molecular complexity index is 1260. The monoisotopic (exact) mass is 496 g/mol. The number of aryl methyl sites for hydroxylation is 3. The van der Waals surface area contributed by atoms with Crippen LogP contribution in [0.25, 0.3) is 10.2 Å². The molecule has 0 fully saturated rings. The van der Waals surface area contributed by atoms with Gasteiger partial charge in [-0.15, -0.1) is 11.3 Å². The molecule has 0 bridgehead atoms. The quantitative estimate of drug-likeness (QED) is 0.359. The number of benzene rings is 1. The lowest BCUT2D eigenvalue weighted by atomic mass is 9.97. The molecular formula is C26H32N4O2S2. The lowest BCUT2D eigenvalue weighted by Crippen LogP contribution is -2.36. The highest BCUT2D eigenvalue weighted by Crippen LogP contribution is 2.35. The number of nitrogens with zero attached hydrogens (tertiary/aromatic N) is 4. The van der Waals surface area contributed by atoms with Crippen molar-refractivity contribution in [2.75, 3.05) is 37.8 Å². The Balaban J connectivity index is 1.43. The predicted molar refractivity (Wildman–Crippen MR) is 142 cm³/mol. The second kappa shape index (κ2) is 10.2. The smallest absolute Gasteiger partial charge is 0.263 e. The highest BCUT2D eigenvalue weighted by Gasteiger charge is 2.25. The normalized spacial score (nSPS) is 15.6. The van der Waals surface area contributed by atoms with Crippen molar-refractivity contribution in [3.63, 3.8) is 0 Å². The summed E-state index contributed by atoms with van der Waals surface area (Å²) in [5, 5.41) is 1.50. The summed E-state index contributed by atoms with van der Waals surface area (Å²) in [5.41, 5.74) is 3.55. The van der Waals surface area contributed by atoms with Crippen LogP contribution in [0.15, 0.2) is 34.2 Å². The Morgan fingerprint density at radius 2 is 1.97 bits per heavy atom. The third kappa shape index (κ3) is 4.68. The standard InChI is InChI=1S/C26H32N4O2S2/c1-28(2)14-8-16-30-25(32)23-19-11-4-6-13-21(19)34-24(23)27-26(30)33-17-22(31)29-15-7-10-18-9-3-5-12-20(18)29/h3,5,9,12H,4,6-8,10-11,13-17H2,1-2H3. The fraction of sp³-hybridized carbons (Fsp3) is 0.500. The summed E-state index contributed by atoms with van der Waals surface area (Å²) in [6, 6.07) is 8.18. The second-order valence-electron chi connectivity index (χ2n) is 9.47. The van der Waals surface area contributed by atoms with Crippen LogP contribution >= 0.6 is 23.1 Å². The van der Waals surface area contributed by atoms with Gasteiger partial charge in [-0.05, 0) is 82.8 Å². The minimum Gasteiger partial charge on any atom is -0.311 e. The number of para-hydroxylation sites is 1. The van der Waals surface area contributed by atoms with Crippen LogP contribution in [0.4, 0.5) is 5.69 Å². The number of rotatable bonds is 7. The van der Waals surface area contributed by atoms with E-state index in [1.807, 2.05) is 41.8 Å². The fourth-order valence-corrected chi connectivity index (χ4v) is 7.27. The maximum atomic E-state index is 13.7. The molecule has 1 aliphatic heterocycles. The van der Waals surface area contributed by atoms with Crippen molar-refractivity contribution in [2.24, 2.45) is 0 Å². The van der Waals surface area contributed by atoms with E-state index in [0.29, 0.717) is 11.7 Å². The maximum absolute atomic E-state index is 13.7. The average molecular weight is 497 g/mol. The molecule has 34 heavy (non-hydrogen) atoms. The predicted octanol–water partition coefficient (Wildman–Crippen LogP) is 4.36. The number of hydrogen-bond acceptors (Lipinski definition) is 6. The number of carbonyl (C=O) groups is 1. The van der Waals surface area contributed by atoms with E-state index in [9.17, 15) is 9.59 Å². The molecule has 2 aliphatic rings. The lowest BCUT2D eigenvalue weighted by Gasteiger charge is -2.29. The van der Waals surface area contributed by atoms with E-state index in [-0.39, 0.29) is 17.2 Å². The summed E-state index contributed by atoms with van der Waals surface area (Å²) in [5.74, 6) is 0.363. The van der Waals surface area contributed by atoms with Gasteiger partial charge in [0.25, 0.3) is 5.56 Å². The van der Waals surface area contributed by atoms with Gasteiger partial charge in [-0.3, -0.25) is 14.2 Å². The van der Waals surface area contributed by atoms with E-state index in [0.717, 1.165) is 67.5 Å². The van der Waals surface area contributed by atoms with Crippen molar-refractivity contribution >= 4 is 44.9 Å². The van der Waals surface area contributed by atoms with Gasteiger partial charge in [-0.1, -0.05) is 30.0 Å². The first-order valence-corrected chi connectivity index (χ1v) is 14.0. The third-order valence-electron chi connectivity index (χ3n) is 6.76. The molecule has 5 rings (SSSR count). The van der Waals surface area contributed by atoms with Crippen LogP contribution in [0.2, 0.25) is 0 Å². The number of hydrogen-bond donors (Lipinski definition) is 0. The zero-order valence-electron chi connectivity index (χ0n) is 20.0. The summed E-state index contributed by atoms with van der Waals surface area (Å²) < 4.78 is 1.83. The molecule has 0 N–H and O–H groups in total. The number of aromatic nitrogens is 2. The van der Waals surface area contributed by atoms with E-state index in [1.54, 1.807) is 11.3 Å². The van der Waals surface area contributed by atoms with Crippen molar-refractivity contribution in [2.45, 2.75) is 56.6 Å². The summed E-state index contributed by atoms with van der Waals surface area (Å²) in [4.78, 5) is 38.1. The molecular weight excluding hydrogens is 464 g/mol. The minimum atomic E-state index is 0.0708. The van der Waals surface area contributed by atoms with Crippen molar-refractivity contribution in [3.8, 4) is 0 Å². The molecule has 8 heteroatoms. The van der Waals surface area contributed by atoms with Gasteiger partial charge in [-0.25, -0.2) is 4.98 Å². The topological polar surface area (TPSA) is 58.4 Å². The van der Waals surface area contributed by atoms with Crippen LogP contribution < -0.4 is 10.5 Å². The number of thioether (sulfide) groups is 1. The van der Waals surface area contributed by atoms with Gasteiger partial charge in [0.15, 0.2) is 5.16 Å². The van der Waals surface area contributed by atoms with Gasteiger partial charge in [0.05, 0.1) is 11.1 Å². The van der Waals surface area contributed by atoms with Crippen molar-refractivity contribution in [3.05, 3.63) is 50.6 Å². The molecule has 3 aromatic rings. The molecule has 0 saturated carbocycles. The van der Waals surface area contributed by atoms with Crippen LogP contribution in [0, 0.1) is 0 Å². The highest BCUT2D eigenvalue weighted by atomic mass is 32.2. The minimum absolute atomic E-state index is 0.0708. The molecule has 0 radical (unpaired) electrons. The molecule has 1 aliphatic carbocycles. The van der Waals surface area contributed by atoms with Gasteiger partial charge in [-0.2, -0.15) is 0 Å². The largest absolute Gasteiger partial charge is 0.311 e. The number of carbonyl (C=O) groups excluding carboxylic acids is 1. The molecule has 0 atom stereocenters. The molecule has 0 spiro atoms. The molecule has 0 unspecified atom stereocenters. The molecule has 1 amide bonds. The van der Waals surface area contributed by atoms with Crippen LogP contribution in [0.1, 0.15) is 41.7 Å². The third-order valence-corrected chi connectivity index (χ3v) is 8.91. The van der Waals surface area contributed by atoms with E-state index >= 15 is 0 Å². The van der Waals surface area contributed by atoms with E-state index in [1.165, 1.54) is 34.2 Å². The number of fused-ring (bicyclic) bond motifs is 4. The van der Waals surface area contributed by atoms with Gasteiger partial charge < -0.3 is 9.80 Å². The van der Waals surface area contributed by atoms with Gasteiger partial charge in [0.1, 0.15) is 4.83 Å². The van der Waals surface area contributed by atoms with E-state index in [2.05, 4.69) is 11.0 Å². The zero-order chi connectivity index (χ0) is 23.7. The Morgan fingerprint density at radius 1 is 1.15 bits per heavy atom. The Kier molecular flexibility index (Phi) is 7.09. The van der Waals surface area contributed by atoms with E-state index in [4.69, 9.17) is 4.98 Å². The second-order valence-corrected chi connectivity index (χ2v) is 11.5. The fourth-order valence-electron chi connectivity index (χ4n) is 5.07. The Morgan fingerprint density at radius 3 is 2.82 bits per heavy atom. The molecule has 0 saturated heterocycles. The molecule has 2 aromatic heterocycles. The van der Waals surface area contributed by atoms with Crippen molar-refractivity contribution < 1.29 is 4.79 Å². The van der Waals surface area contributed by atoms with Crippen LogP contribution in [0.3, 0.4) is 0 Å². The molecule has 1 aromatic carbocycles. The number of anilines is 1. The molecule has 180 valence electrons. The SMILES string of the molecule is CN(C)CCCn1c(SCC(=O)N2CCCc3ccccc32)nc2sc3c(c2c1=O)CCCC3. The summed E-state index contributed by atoms with van der Waals surface area (Å²) in [6.45, 7) is 2.27. The Hall–Kier alpha value is -2.16. The highest BCUT2D eigenvalue weighted by molar-refractivity contribution is 7.99. The molecule has 3 heterocycles. The van der Waals surface area contributed by atoms with Crippen LogP contribution in [-0.2, 0) is 30.6 Å². The van der Waals surface area contributed by atoms with Gasteiger partial charge in [0.2, 0.25) is 5.91 Å². The van der Waals surface area contributed by atoms with Crippen LogP contribution in [-0.4, -0.2) is 53.3 Å². The molecule has 6 nitrogen and oxygen atoms in total. The summed E-state index contributed by atoms with van der Waals surface area (Å²) in [7, 11) is 4.09. The first-order chi connectivity index (χ1) is 16.5. The zero-order valence-corrected chi connectivity index (χ0v) is 21.6. The lowest BCUT2D eigenvalue weighted by molar-refractivity contribution is -0.116. The first kappa shape index (κ1) is 23.6.